The van der Waals surface area contributed by atoms with Crippen LogP contribution in [0.1, 0.15) is 5.56 Å². The summed E-state index contributed by atoms with van der Waals surface area (Å²) >= 11 is 5.50. The van der Waals surface area contributed by atoms with Crippen molar-refractivity contribution >= 4 is 23.2 Å². The molecule has 2 heterocycles. The van der Waals surface area contributed by atoms with Gasteiger partial charge in [0.05, 0.1) is 5.69 Å². The lowest BCUT2D eigenvalue weighted by molar-refractivity contribution is -0.113. The zero-order valence-corrected chi connectivity index (χ0v) is 13.2. The van der Waals surface area contributed by atoms with E-state index in [0.717, 1.165) is 16.8 Å². The molecule has 0 saturated heterocycles. The third-order valence-corrected chi connectivity index (χ3v) is 3.56. The third kappa shape index (κ3) is 3.40. The number of rotatable bonds is 4. The molecule has 116 valence electrons. The molecular weight excluding hydrogens is 314 g/mol. The van der Waals surface area contributed by atoms with E-state index < -0.39 is 0 Å². The highest BCUT2D eigenvalue weighted by atomic mass is 35.5. The Hall–Kier alpha value is -2.66. The Morgan fingerprint density at radius 1 is 1.26 bits per heavy atom. The summed E-state index contributed by atoms with van der Waals surface area (Å²) in [5.41, 5.74) is 3.95. The van der Waals surface area contributed by atoms with Crippen LogP contribution in [-0.2, 0) is 4.79 Å². The minimum Gasteiger partial charge on any atom is -0.356 e. The first kappa shape index (κ1) is 15.2. The van der Waals surface area contributed by atoms with E-state index in [1.54, 1.807) is 18.3 Å². The maximum absolute atomic E-state index is 11.4. The number of alkyl halides is 1. The van der Waals surface area contributed by atoms with Crippen molar-refractivity contribution in [1.29, 1.82) is 0 Å². The topological polar surface area (TPSA) is 68.0 Å². The van der Waals surface area contributed by atoms with Crippen LogP contribution in [0.15, 0.2) is 53.2 Å². The Morgan fingerprint density at radius 2 is 2.13 bits per heavy atom. The molecule has 5 nitrogen and oxygen atoms in total. The number of nitrogens with one attached hydrogen (secondary N) is 1. The fraction of sp³-hybridized carbons (Fsp3) is 0.118. The lowest BCUT2D eigenvalue weighted by Crippen LogP contribution is -2.12. The van der Waals surface area contributed by atoms with Crippen molar-refractivity contribution in [2.75, 3.05) is 11.2 Å². The van der Waals surface area contributed by atoms with Crippen molar-refractivity contribution in [3.63, 3.8) is 0 Å². The number of nitrogens with zero attached hydrogens (tertiary/aromatic N) is 2. The summed E-state index contributed by atoms with van der Waals surface area (Å²) in [5.74, 6) is 0.258. The third-order valence-electron chi connectivity index (χ3n) is 3.31. The van der Waals surface area contributed by atoms with Gasteiger partial charge in [-0.3, -0.25) is 9.78 Å². The number of aromatic nitrogens is 2. The van der Waals surface area contributed by atoms with Crippen LogP contribution in [0.3, 0.4) is 0 Å². The molecule has 0 unspecified atom stereocenters. The fourth-order valence-corrected chi connectivity index (χ4v) is 2.29. The molecule has 0 aliphatic carbocycles. The molecule has 0 aliphatic rings. The SMILES string of the molecule is Cc1cccnc1-c1cc(-c2cccc(NC(=O)CCl)c2)on1. The first-order chi connectivity index (χ1) is 11.2. The van der Waals surface area contributed by atoms with Crippen LogP contribution in [0.4, 0.5) is 5.69 Å². The molecular formula is C17H14ClN3O2. The van der Waals surface area contributed by atoms with Crippen LogP contribution >= 0.6 is 11.6 Å². The van der Waals surface area contributed by atoms with E-state index >= 15 is 0 Å². The maximum Gasteiger partial charge on any atom is 0.239 e. The van der Waals surface area contributed by atoms with Crippen molar-refractivity contribution in [1.82, 2.24) is 10.1 Å². The minimum absolute atomic E-state index is 0.0877. The molecule has 0 atom stereocenters. The standard InChI is InChI=1S/C17H14ClN3O2/c1-11-4-3-7-19-17(11)14-9-15(23-21-14)12-5-2-6-13(8-12)20-16(22)10-18/h2-9H,10H2,1H3,(H,20,22). The molecule has 0 bridgehead atoms. The number of hydrogen-bond acceptors (Lipinski definition) is 4. The summed E-state index contributed by atoms with van der Waals surface area (Å²) in [4.78, 5) is 15.7. The highest BCUT2D eigenvalue weighted by Crippen LogP contribution is 2.28. The van der Waals surface area contributed by atoms with Crippen molar-refractivity contribution in [3.05, 3.63) is 54.2 Å². The van der Waals surface area contributed by atoms with Gasteiger partial charge in [-0.15, -0.1) is 11.6 Å². The van der Waals surface area contributed by atoms with Crippen LogP contribution in [0.5, 0.6) is 0 Å². The number of carbonyl (C=O) groups excluding carboxylic acids is 1. The van der Waals surface area contributed by atoms with E-state index in [-0.39, 0.29) is 11.8 Å². The smallest absolute Gasteiger partial charge is 0.239 e. The lowest BCUT2D eigenvalue weighted by atomic mass is 10.1. The van der Waals surface area contributed by atoms with Crippen molar-refractivity contribution < 1.29 is 9.32 Å². The van der Waals surface area contributed by atoms with Gasteiger partial charge in [0.15, 0.2) is 5.76 Å². The van der Waals surface area contributed by atoms with Gasteiger partial charge in [0.1, 0.15) is 11.6 Å². The van der Waals surface area contributed by atoms with Crippen molar-refractivity contribution in [3.8, 4) is 22.7 Å². The van der Waals surface area contributed by atoms with Gasteiger partial charge in [-0.25, -0.2) is 0 Å². The second-order valence-electron chi connectivity index (χ2n) is 5.01. The van der Waals surface area contributed by atoms with Gasteiger partial charge < -0.3 is 9.84 Å². The average molecular weight is 328 g/mol. The minimum atomic E-state index is -0.258. The number of benzene rings is 1. The van der Waals surface area contributed by atoms with Gasteiger partial charge in [-0.05, 0) is 30.7 Å². The zero-order chi connectivity index (χ0) is 16.2. The monoisotopic (exact) mass is 327 g/mol. The van der Waals surface area contributed by atoms with E-state index in [9.17, 15) is 4.79 Å². The zero-order valence-electron chi connectivity index (χ0n) is 12.4. The van der Waals surface area contributed by atoms with E-state index in [1.165, 1.54) is 0 Å². The molecule has 0 saturated carbocycles. The summed E-state index contributed by atoms with van der Waals surface area (Å²) < 4.78 is 5.42. The number of amides is 1. The fourth-order valence-electron chi connectivity index (χ4n) is 2.22. The Labute approximate surface area is 138 Å². The quantitative estimate of drug-likeness (QED) is 0.738. The largest absolute Gasteiger partial charge is 0.356 e. The number of aryl methyl sites for hydroxylation is 1. The average Bonchev–Trinajstić information content (AvgIpc) is 3.05. The van der Waals surface area contributed by atoms with Crippen LogP contribution in [0, 0.1) is 6.92 Å². The molecule has 3 aromatic rings. The predicted molar refractivity (Wildman–Crippen MR) is 89.3 cm³/mol. The summed E-state index contributed by atoms with van der Waals surface area (Å²) in [6.45, 7) is 1.97. The first-order valence-corrected chi connectivity index (χ1v) is 7.56. The molecule has 0 spiro atoms. The summed E-state index contributed by atoms with van der Waals surface area (Å²) in [6, 6.07) is 13.0. The number of anilines is 1. The maximum atomic E-state index is 11.4. The summed E-state index contributed by atoms with van der Waals surface area (Å²) in [7, 11) is 0. The van der Waals surface area contributed by atoms with E-state index in [4.69, 9.17) is 16.1 Å². The predicted octanol–water partition coefficient (Wildman–Crippen LogP) is 3.89. The van der Waals surface area contributed by atoms with Gasteiger partial charge in [0.25, 0.3) is 0 Å². The Balaban J connectivity index is 1.90. The lowest BCUT2D eigenvalue weighted by Gasteiger charge is -2.04. The number of pyridine rings is 1. The Kier molecular flexibility index (Phi) is 4.39. The van der Waals surface area contributed by atoms with E-state index in [2.05, 4.69) is 15.5 Å². The normalized spacial score (nSPS) is 10.5. The highest BCUT2D eigenvalue weighted by Gasteiger charge is 2.12. The molecule has 0 radical (unpaired) electrons. The van der Waals surface area contributed by atoms with E-state index in [0.29, 0.717) is 17.1 Å². The molecule has 0 fully saturated rings. The van der Waals surface area contributed by atoms with Crippen LogP contribution < -0.4 is 5.32 Å². The number of hydrogen-bond donors (Lipinski definition) is 1. The first-order valence-electron chi connectivity index (χ1n) is 7.02. The van der Waals surface area contributed by atoms with Crippen LogP contribution in [-0.4, -0.2) is 21.9 Å². The van der Waals surface area contributed by atoms with Gasteiger partial charge >= 0.3 is 0 Å². The molecule has 3 rings (SSSR count). The van der Waals surface area contributed by atoms with Crippen molar-refractivity contribution in [2.24, 2.45) is 0 Å². The molecule has 6 heteroatoms. The Bertz CT molecular complexity index is 845. The van der Waals surface area contributed by atoms with Gasteiger partial charge in [0, 0.05) is 23.5 Å². The van der Waals surface area contributed by atoms with Crippen LogP contribution in [0.25, 0.3) is 22.7 Å². The molecule has 1 N–H and O–H groups in total. The molecule has 0 aliphatic heterocycles. The van der Waals surface area contributed by atoms with Gasteiger partial charge in [-0.1, -0.05) is 23.4 Å². The second kappa shape index (κ2) is 6.62. The number of halogens is 1. The van der Waals surface area contributed by atoms with Gasteiger partial charge in [0.2, 0.25) is 5.91 Å². The van der Waals surface area contributed by atoms with Crippen LogP contribution in [0.2, 0.25) is 0 Å². The summed E-state index contributed by atoms with van der Waals surface area (Å²) in [6.07, 6.45) is 1.72. The molecule has 1 amide bonds. The highest BCUT2D eigenvalue weighted by molar-refractivity contribution is 6.29. The Morgan fingerprint density at radius 3 is 2.91 bits per heavy atom. The molecule has 23 heavy (non-hydrogen) atoms. The molecule has 1 aromatic carbocycles. The van der Waals surface area contributed by atoms with Gasteiger partial charge in [-0.2, -0.15) is 0 Å². The summed E-state index contributed by atoms with van der Waals surface area (Å²) in [5, 5.41) is 6.79. The van der Waals surface area contributed by atoms with E-state index in [1.807, 2.05) is 37.3 Å². The van der Waals surface area contributed by atoms with Crippen molar-refractivity contribution in [2.45, 2.75) is 6.92 Å². The molecule has 2 aromatic heterocycles. The number of carbonyl (C=O) groups is 1. The second-order valence-corrected chi connectivity index (χ2v) is 5.28.